The Kier molecular flexibility index (Phi) is 4.12. The average molecular weight is 336 g/mol. The summed E-state index contributed by atoms with van der Waals surface area (Å²) in [7, 11) is -4.02. The molecule has 1 heterocycles. The third-order valence-corrected chi connectivity index (χ3v) is 4.51. The second kappa shape index (κ2) is 5.51. The van der Waals surface area contributed by atoms with Gasteiger partial charge in [0.15, 0.2) is 11.0 Å². The van der Waals surface area contributed by atoms with Gasteiger partial charge in [-0.15, -0.1) is 0 Å². The summed E-state index contributed by atoms with van der Waals surface area (Å²) in [5.41, 5.74) is 0.340. The Morgan fingerprint density at radius 3 is 2.60 bits per heavy atom. The van der Waals surface area contributed by atoms with Crippen LogP contribution in [-0.2, 0) is 10.0 Å². The highest BCUT2D eigenvalue weighted by molar-refractivity contribution is 7.92. The van der Waals surface area contributed by atoms with E-state index in [4.69, 9.17) is 23.2 Å². The molecule has 2 rings (SSSR count). The van der Waals surface area contributed by atoms with E-state index in [0.717, 1.165) is 12.4 Å². The average Bonchev–Trinajstić information content (AvgIpc) is 2.38. The van der Waals surface area contributed by atoms with E-state index in [9.17, 15) is 12.8 Å². The summed E-state index contributed by atoms with van der Waals surface area (Å²) in [6.07, 6.45) is 1.06. The lowest BCUT2D eigenvalue weighted by Gasteiger charge is -2.09. The first kappa shape index (κ1) is 15.0. The molecule has 0 aliphatic carbocycles. The molecule has 1 aromatic carbocycles. The summed E-state index contributed by atoms with van der Waals surface area (Å²) in [5, 5.41) is -0.222. The standard InChI is InChI=1S/C11H8Cl2FN3O2S/c1-6-2-3-7(4-8(6)14)20(18,19)17-11-9(12)10(13)15-5-16-11/h2-5H,1H3,(H,15,16,17). The monoisotopic (exact) mass is 335 g/mol. The lowest BCUT2D eigenvalue weighted by molar-refractivity contribution is 0.593. The number of anilines is 1. The zero-order valence-corrected chi connectivity index (χ0v) is 12.4. The van der Waals surface area contributed by atoms with E-state index in [1.165, 1.54) is 19.1 Å². The van der Waals surface area contributed by atoms with Crippen molar-refractivity contribution in [3.8, 4) is 0 Å². The fourth-order valence-corrected chi connectivity index (χ4v) is 2.71. The van der Waals surface area contributed by atoms with Gasteiger partial charge in [0.25, 0.3) is 10.0 Å². The van der Waals surface area contributed by atoms with Gasteiger partial charge in [-0.1, -0.05) is 29.3 Å². The molecular weight excluding hydrogens is 328 g/mol. The van der Waals surface area contributed by atoms with E-state index in [2.05, 4.69) is 14.7 Å². The molecule has 0 amide bonds. The summed E-state index contributed by atoms with van der Waals surface area (Å²) >= 11 is 11.4. The highest BCUT2D eigenvalue weighted by Gasteiger charge is 2.19. The van der Waals surface area contributed by atoms with Crippen LogP contribution in [0.15, 0.2) is 29.4 Å². The Balaban J connectivity index is 2.41. The summed E-state index contributed by atoms with van der Waals surface area (Å²) < 4.78 is 39.7. The molecule has 0 atom stereocenters. The van der Waals surface area contributed by atoms with E-state index >= 15 is 0 Å². The number of benzene rings is 1. The van der Waals surface area contributed by atoms with Gasteiger partial charge in [0.2, 0.25) is 0 Å². The number of sulfonamides is 1. The van der Waals surface area contributed by atoms with Crippen LogP contribution in [0.4, 0.5) is 10.2 Å². The van der Waals surface area contributed by atoms with Crippen molar-refractivity contribution in [3.05, 3.63) is 46.1 Å². The van der Waals surface area contributed by atoms with Crippen LogP contribution in [0.1, 0.15) is 5.56 Å². The van der Waals surface area contributed by atoms with Crippen LogP contribution >= 0.6 is 23.2 Å². The van der Waals surface area contributed by atoms with Crippen molar-refractivity contribution in [2.45, 2.75) is 11.8 Å². The predicted molar refractivity (Wildman–Crippen MR) is 74.0 cm³/mol. The van der Waals surface area contributed by atoms with Gasteiger partial charge in [0.05, 0.1) is 4.90 Å². The Hall–Kier alpha value is -1.44. The molecule has 20 heavy (non-hydrogen) atoms. The molecule has 0 fully saturated rings. The zero-order chi connectivity index (χ0) is 14.9. The molecule has 1 N–H and O–H groups in total. The molecule has 0 aliphatic rings. The number of aromatic nitrogens is 2. The van der Waals surface area contributed by atoms with Gasteiger partial charge in [0.1, 0.15) is 17.2 Å². The number of rotatable bonds is 3. The minimum absolute atomic E-state index is 0.0885. The van der Waals surface area contributed by atoms with Crippen molar-refractivity contribution in [1.29, 1.82) is 0 Å². The number of hydrogen-bond donors (Lipinski definition) is 1. The van der Waals surface area contributed by atoms with Gasteiger partial charge in [-0.2, -0.15) is 0 Å². The van der Waals surface area contributed by atoms with Crippen LogP contribution in [-0.4, -0.2) is 18.4 Å². The number of aryl methyl sites for hydroxylation is 1. The topological polar surface area (TPSA) is 72.0 Å². The molecule has 1 aromatic heterocycles. The molecule has 0 radical (unpaired) electrons. The predicted octanol–water partition coefficient (Wildman–Crippen LogP) is 3.03. The lowest BCUT2D eigenvalue weighted by atomic mass is 10.2. The Bertz CT molecular complexity index is 768. The van der Waals surface area contributed by atoms with Crippen LogP contribution in [0.25, 0.3) is 0 Å². The number of nitrogens with one attached hydrogen (secondary N) is 1. The quantitative estimate of drug-likeness (QED) is 0.875. The smallest absolute Gasteiger partial charge is 0.262 e. The molecule has 0 unspecified atom stereocenters. The molecule has 0 saturated heterocycles. The Morgan fingerprint density at radius 1 is 1.25 bits per heavy atom. The third-order valence-electron chi connectivity index (χ3n) is 2.43. The first-order valence-corrected chi connectivity index (χ1v) is 7.50. The van der Waals surface area contributed by atoms with Crippen molar-refractivity contribution in [2.75, 3.05) is 4.72 Å². The van der Waals surface area contributed by atoms with Gasteiger partial charge in [-0.25, -0.2) is 22.8 Å². The van der Waals surface area contributed by atoms with E-state index in [0.29, 0.717) is 5.56 Å². The molecule has 0 saturated carbocycles. The van der Waals surface area contributed by atoms with Crippen molar-refractivity contribution in [3.63, 3.8) is 0 Å². The van der Waals surface area contributed by atoms with Crippen LogP contribution in [0, 0.1) is 12.7 Å². The maximum atomic E-state index is 13.4. The molecule has 0 aliphatic heterocycles. The maximum Gasteiger partial charge on any atom is 0.263 e. The second-order valence-corrected chi connectivity index (χ2v) is 6.26. The van der Waals surface area contributed by atoms with Gasteiger partial charge in [-0.05, 0) is 24.6 Å². The normalized spacial score (nSPS) is 11.4. The highest BCUT2D eigenvalue weighted by atomic mass is 35.5. The van der Waals surface area contributed by atoms with Gasteiger partial charge < -0.3 is 0 Å². The molecule has 0 bridgehead atoms. The number of hydrogen-bond acceptors (Lipinski definition) is 4. The number of halogens is 3. The first-order valence-electron chi connectivity index (χ1n) is 5.26. The first-order chi connectivity index (χ1) is 9.31. The van der Waals surface area contributed by atoms with Gasteiger partial charge in [-0.3, -0.25) is 4.72 Å². The lowest BCUT2D eigenvalue weighted by Crippen LogP contribution is -2.15. The number of nitrogens with zero attached hydrogens (tertiary/aromatic N) is 2. The summed E-state index contributed by atoms with van der Waals surface area (Å²) in [5.74, 6) is -0.799. The highest BCUT2D eigenvalue weighted by Crippen LogP contribution is 2.27. The molecule has 0 spiro atoms. The van der Waals surface area contributed by atoms with Crippen LogP contribution in [0.2, 0.25) is 10.2 Å². The van der Waals surface area contributed by atoms with Gasteiger partial charge in [0, 0.05) is 0 Å². The van der Waals surface area contributed by atoms with E-state index in [1.807, 2.05) is 0 Å². The zero-order valence-electron chi connectivity index (χ0n) is 10.1. The molecular formula is C11H8Cl2FN3O2S. The Labute approximate surface area is 124 Å². The van der Waals surface area contributed by atoms with Gasteiger partial charge >= 0.3 is 0 Å². The van der Waals surface area contributed by atoms with Crippen LogP contribution < -0.4 is 4.72 Å². The Morgan fingerprint density at radius 2 is 1.95 bits per heavy atom. The van der Waals surface area contributed by atoms with E-state index < -0.39 is 15.8 Å². The third kappa shape index (κ3) is 3.00. The summed E-state index contributed by atoms with van der Waals surface area (Å²) in [6, 6.07) is 3.55. The van der Waals surface area contributed by atoms with E-state index in [1.54, 1.807) is 0 Å². The fraction of sp³-hybridized carbons (Fsp3) is 0.0909. The molecule has 5 nitrogen and oxygen atoms in total. The van der Waals surface area contributed by atoms with Crippen LogP contribution in [0.3, 0.4) is 0 Å². The molecule has 106 valence electrons. The van der Waals surface area contributed by atoms with E-state index in [-0.39, 0.29) is 20.9 Å². The van der Waals surface area contributed by atoms with Crippen molar-refractivity contribution < 1.29 is 12.8 Å². The molecule has 2 aromatic rings. The summed E-state index contributed by atoms with van der Waals surface area (Å²) in [4.78, 5) is 7.03. The summed E-state index contributed by atoms with van der Waals surface area (Å²) in [6.45, 7) is 1.53. The van der Waals surface area contributed by atoms with Crippen molar-refractivity contribution in [1.82, 2.24) is 9.97 Å². The van der Waals surface area contributed by atoms with Crippen LogP contribution in [0.5, 0.6) is 0 Å². The minimum Gasteiger partial charge on any atom is -0.262 e. The van der Waals surface area contributed by atoms with Crippen molar-refractivity contribution in [2.24, 2.45) is 0 Å². The maximum absolute atomic E-state index is 13.4. The fourth-order valence-electron chi connectivity index (χ4n) is 1.35. The second-order valence-electron chi connectivity index (χ2n) is 3.84. The minimum atomic E-state index is -4.02. The largest absolute Gasteiger partial charge is 0.263 e. The SMILES string of the molecule is Cc1ccc(S(=O)(=O)Nc2ncnc(Cl)c2Cl)cc1F. The molecule has 9 heteroatoms. The van der Waals surface area contributed by atoms with Crippen molar-refractivity contribution >= 4 is 39.0 Å².